The van der Waals surface area contributed by atoms with Gasteiger partial charge in [-0.05, 0) is 51.2 Å². The molecule has 0 bridgehead atoms. The summed E-state index contributed by atoms with van der Waals surface area (Å²) in [6.45, 7) is 11.0. The van der Waals surface area contributed by atoms with Crippen molar-refractivity contribution in [2.45, 2.75) is 52.7 Å². The Morgan fingerprint density at radius 1 is 1.50 bits per heavy atom. The number of likely N-dealkylation sites (tertiary alicyclic amines) is 1. The SMILES string of the molecule is CC1(CNCc2ccc(C#N)s2)CCCN(C(=O)OC(C)(C)C)C1. The topological polar surface area (TPSA) is 65.4 Å². The predicted octanol–water partition coefficient (Wildman–Crippen LogP) is 3.75. The summed E-state index contributed by atoms with van der Waals surface area (Å²) in [5.41, 5.74) is -0.411. The molecule has 0 radical (unpaired) electrons. The number of hydrogen-bond donors (Lipinski definition) is 1. The van der Waals surface area contributed by atoms with Crippen LogP contribution in [0.5, 0.6) is 0 Å². The summed E-state index contributed by atoms with van der Waals surface area (Å²) >= 11 is 1.52. The van der Waals surface area contributed by atoms with E-state index in [2.05, 4.69) is 18.3 Å². The molecule has 1 amide bonds. The normalized spacial score (nSPS) is 21.4. The van der Waals surface area contributed by atoms with E-state index >= 15 is 0 Å². The van der Waals surface area contributed by atoms with Gasteiger partial charge in [-0.15, -0.1) is 11.3 Å². The number of nitrogens with zero attached hydrogens (tertiary/aromatic N) is 2. The van der Waals surface area contributed by atoms with Crippen molar-refractivity contribution in [2.75, 3.05) is 19.6 Å². The molecule has 1 saturated heterocycles. The van der Waals surface area contributed by atoms with Crippen molar-refractivity contribution in [3.63, 3.8) is 0 Å². The van der Waals surface area contributed by atoms with Crippen molar-refractivity contribution in [2.24, 2.45) is 5.41 Å². The molecule has 1 aromatic heterocycles. The van der Waals surface area contributed by atoms with Gasteiger partial charge in [0, 0.05) is 31.1 Å². The van der Waals surface area contributed by atoms with Gasteiger partial charge in [0.15, 0.2) is 0 Å². The van der Waals surface area contributed by atoms with E-state index in [9.17, 15) is 4.79 Å². The number of ether oxygens (including phenoxy) is 1. The molecule has 0 aromatic carbocycles. The van der Waals surface area contributed by atoms with Gasteiger partial charge in [0.25, 0.3) is 0 Å². The van der Waals surface area contributed by atoms with E-state index in [1.165, 1.54) is 11.3 Å². The molecule has 1 atom stereocenters. The zero-order valence-corrected chi connectivity index (χ0v) is 15.8. The number of thiophene rings is 1. The van der Waals surface area contributed by atoms with Crippen LogP contribution >= 0.6 is 11.3 Å². The quantitative estimate of drug-likeness (QED) is 0.899. The third-order valence-corrected chi connectivity index (χ3v) is 5.05. The minimum atomic E-state index is -0.458. The molecule has 1 N–H and O–H groups in total. The van der Waals surface area contributed by atoms with Crippen LogP contribution in [-0.2, 0) is 11.3 Å². The third kappa shape index (κ3) is 5.50. The van der Waals surface area contributed by atoms with Crippen molar-refractivity contribution in [3.05, 3.63) is 21.9 Å². The number of rotatable bonds is 4. The summed E-state index contributed by atoms with van der Waals surface area (Å²) in [6, 6.07) is 6.01. The number of nitriles is 1. The molecule has 1 fully saturated rings. The van der Waals surface area contributed by atoms with Gasteiger partial charge in [0.1, 0.15) is 16.5 Å². The van der Waals surface area contributed by atoms with E-state index in [1.54, 1.807) is 0 Å². The molecule has 0 aliphatic carbocycles. The predicted molar refractivity (Wildman–Crippen MR) is 95.9 cm³/mol. The van der Waals surface area contributed by atoms with E-state index in [-0.39, 0.29) is 11.5 Å². The average Bonchev–Trinajstić information content (AvgIpc) is 2.93. The number of hydrogen-bond acceptors (Lipinski definition) is 5. The van der Waals surface area contributed by atoms with Crippen LogP contribution in [0.25, 0.3) is 0 Å². The highest BCUT2D eigenvalue weighted by atomic mass is 32.1. The fourth-order valence-corrected chi connectivity index (χ4v) is 3.74. The molecule has 1 aliphatic heterocycles. The van der Waals surface area contributed by atoms with Crippen LogP contribution in [0.15, 0.2) is 12.1 Å². The third-order valence-electron chi connectivity index (χ3n) is 4.06. The molecule has 5 nitrogen and oxygen atoms in total. The second-order valence-electron chi connectivity index (χ2n) is 7.80. The summed E-state index contributed by atoms with van der Waals surface area (Å²) in [5, 5.41) is 12.4. The first kappa shape index (κ1) is 18.8. The molecule has 1 unspecified atom stereocenters. The number of piperidine rings is 1. The van der Waals surface area contributed by atoms with Crippen molar-refractivity contribution in [1.29, 1.82) is 5.26 Å². The monoisotopic (exact) mass is 349 g/mol. The summed E-state index contributed by atoms with van der Waals surface area (Å²) < 4.78 is 5.50. The maximum Gasteiger partial charge on any atom is 0.410 e. The number of carbonyl (C=O) groups is 1. The smallest absolute Gasteiger partial charge is 0.410 e. The molecule has 1 aliphatic rings. The largest absolute Gasteiger partial charge is 0.444 e. The van der Waals surface area contributed by atoms with Crippen LogP contribution in [0.1, 0.15) is 50.3 Å². The maximum absolute atomic E-state index is 12.3. The van der Waals surface area contributed by atoms with Gasteiger partial charge < -0.3 is 15.0 Å². The van der Waals surface area contributed by atoms with E-state index in [4.69, 9.17) is 10.00 Å². The Hall–Kier alpha value is -1.58. The fraction of sp³-hybridized carbons (Fsp3) is 0.667. The molecule has 1 aromatic rings. The highest BCUT2D eigenvalue weighted by Gasteiger charge is 2.34. The van der Waals surface area contributed by atoms with Crippen LogP contribution in [-0.4, -0.2) is 36.2 Å². The first-order valence-corrected chi connectivity index (χ1v) is 9.20. The van der Waals surface area contributed by atoms with Crippen LogP contribution in [0.3, 0.4) is 0 Å². The van der Waals surface area contributed by atoms with Gasteiger partial charge in [0.2, 0.25) is 0 Å². The van der Waals surface area contributed by atoms with E-state index in [1.807, 2.05) is 37.8 Å². The molecule has 0 saturated carbocycles. The second kappa shape index (κ2) is 7.54. The minimum Gasteiger partial charge on any atom is -0.444 e. The van der Waals surface area contributed by atoms with Crippen molar-refractivity contribution in [3.8, 4) is 6.07 Å². The lowest BCUT2D eigenvalue weighted by Gasteiger charge is -2.41. The molecule has 2 heterocycles. The Kier molecular flexibility index (Phi) is 5.89. The lowest BCUT2D eigenvalue weighted by molar-refractivity contribution is 0.00676. The van der Waals surface area contributed by atoms with Crippen LogP contribution < -0.4 is 5.32 Å². The van der Waals surface area contributed by atoms with Gasteiger partial charge in [-0.3, -0.25) is 0 Å². The molecule has 2 rings (SSSR count). The first-order chi connectivity index (χ1) is 11.2. The standard InChI is InChI=1S/C18H27N3O2S/c1-17(2,3)23-16(22)21-9-5-8-18(4,13-21)12-20-11-15-7-6-14(10-19)24-15/h6-7,20H,5,8-9,11-13H2,1-4H3. The molecular weight excluding hydrogens is 322 g/mol. The number of carbonyl (C=O) groups excluding carboxylic acids is 1. The number of amides is 1. The van der Waals surface area contributed by atoms with Crippen molar-refractivity contribution < 1.29 is 9.53 Å². The van der Waals surface area contributed by atoms with Crippen LogP contribution in [0.2, 0.25) is 0 Å². The van der Waals surface area contributed by atoms with E-state index in [0.717, 1.165) is 42.2 Å². The minimum absolute atomic E-state index is 0.0461. The van der Waals surface area contributed by atoms with Gasteiger partial charge in [-0.1, -0.05) is 6.92 Å². The van der Waals surface area contributed by atoms with Gasteiger partial charge in [-0.25, -0.2) is 4.79 Å². The Balaban J connectivity index is 1.85. The second-order valence-corrected chi connectivity index (χ2v) is 8.97. The van der Waals surface area contributed by atoms with E-state index < -0.39 is 5.60 Å². The molecule has 6 heteroatoms. The Labute approximate surface area is 148 Å². The average molecular weight is 350 g/mol. The molecular formula is C18H27N3O2S. The van der Waals surface area contributed by atoms with Crippen molar-refractivity contribution >= 4 is 17.4 Å². The van der Waals surface area contributed by atoms with Crippen molar-refractivity contribution in [1.82, 2.24) is 10.2 Å². The van der Waals surface area contributed by atoms with Gasteiger partial charge in [-0.2, -0.15) is 5.26 Å². The first-order valence-electron chi connectivity index (χ1n) is 8.38. The highest BCUT2D eigenvalue weighted by molar-refractivity contribution is 7.12. The van der Waals surface area contributed by atoms with E-state index in [0.29, 0.717) is 6.54 Å². The summed E-state index contributed by atoms with van der Waals surface area (Å²) in [6.07, 6.45) is 1.87. The zero-order chi connectivity index (χ0) is 17.8. The zero-order valence-electron chi connectivity index (χ0n) is 15.0. The molecule has 132 valence electrons. The maximum atomic E-state index is 12.3. The van der Waals surface area contributed by atoms with Gasteiger partial charge in [0.05, 0.1) is 0 Å². The number of nitrogens with one attached hydrogen (secondary N) is 1. The highest BCUT2D eigenvalue weighted by Crippen LogP contribution is 2.30. The lowest BCUT2D eigenvalue weighted by atomic mass is 9.82. The van der Waals surface area contributed by atoms with Gasteiger partial charge >= 0.3 is 6.09 Å². The Morgan fingerprint density at radius 3 is 2.88 bits per heavy atom. The fourth-order valence-electron chi connectivity index (χ4n) is 2.96. The lowest BCUT2D eigenvalue weighted by Crippen LogP contribution is -2.50. The summed E-state index contributed by atoms with van der Waals surface area (Å²) in [7, 11) is 0. The Bertz CT molecular complexity index is 615. The van der Waals surface area contributed by atoms with Crippen LogP contribution in [0, 0.1) is 16.7 Å². The summed E-state index contributed by atoms with van der Waals surface area (Å²) in [4.78, 5) is 16.0. The summed E-state index contributed by atoms with van der Waals surface area (Å²) in [5.74, 6) is 0. The van der Waals surface area contributed by atoms with Crippen LogP contribution in [0.4, 0.5) is 4.79 Å². The molecule has 24 heavy (non-hydrogen) atoms. The Morgan fingerprint density at radius 2 is 2.25 bits per heavy atom. The molecule has 0 spiro atoms.